The van der Waals surface area contributed by atoms with E-state index in [-0.39, 0.29) is 27.9 Å². The van der Waals surface area contributed by atoms with Crippen LogP contribution in [0.5, 0.6) is 0 Å². The second-order valence-corrected chi connectivity index (χ2v) is 9.67. The summed E-state index contributed by atoms with van der Waals surface area (Å²) in [5.41, 5.74) is 0. The minimum absolute atomic E-state index is 0.00188. The molecule has 0 bridgehead atoms. The second-order valence-electron chi connectivity index (χ2n) is 2.49. The number of hydrogen-bond donors (Lipinski definition) is 2. The van der Waals surface area contributed by atoms with Crippen LogP contribution in [0.25, 0.3) is 0 Å². The number of halogens is 1. The molecular weight excluding hydrogens is 299 g/mol. The van der Waals surface area contributed by atoms with E-state index in [4.69, 9.17) is 0 Å². The maximum absolute atomic E-state index is 9.68. The summed E-state index contributed by atoms with van der Waals surface area (Å²) in [6.07, 6.45) is 3.82. The molecule has 0 saturated carbocycles. The Balaban J connectivity index is 2.83. The van der Waals surface area contributed by atoms with Crippen LogP contribution >= 0.6 is 0 Å². The molecule has 74 valence electrons. The second kappa shape index (κ2) is 5.19. The molecule has 0 aromatic rings. The average Bonchev–Trinajstić information content (AvgIpc) is 2.14. The van der Waals surface area contributed by atoms with Gasteiger partial charge in [0.1, 0.15) is 0 Å². The van der Waals surface area contributed by atoms with Crippen LogP contribution in [0, 0.1) is 0 Å². The van der Waals surface area contributed by atoms with Gasteiger partial charge in [0.15, 0.2) is 0 Å². The first kappa shape index (κ1) is 11.3. The minimum atomic E-state index is -0.745. The number of alkyl halides is 1. The van der Waals surface area contributed by atoms with Gasteiger partial charge in [0.2, 0.25) is 0 Å². The van der Waals surface area contributed by atoms with Crippen LogP contribution in [0.2, 0.25) is 0 Å². The van der Waals surface area contributed by atoms with Gasteiger partial charge >= 0.3 is 90.4 Å². The van der Waals surface area contributed by atoms with Gasteiger partial charge in [0, 0.05) is 0 Å². The first-order valence-electron chi connectivity index (χ1n) is 3.81. The molecule has 0 aliphatic heterocycles. The topological polar surface area (TPSA) is 40.5 Å². The molecule has 0 aromatic heterocycles. The first-order chi connectivity index (χ1) is 6.20. The van der Waals surface area contributed by atoms with E-state index in [9.17, 15) is 10.2 Å². The molecule has 1 unspecified atom stereocenters. The van der Waals surface area contributed by atoms with Gasteiger partial charge in [-0.15, -0.1) is 0 Å². The zero-order chi connectivity index (χ0) is 9.84. The molecule has 1 rings (SSSR count). The number of aliphatic hydroxyl groups is 2. The van der Waals surface area contributed by atoms with Crippen molar-refractivity contribution in [2.24, 2.45) is 0 Å². The summed E-state index contributed by atoms with van der Waals surface area (Å²) >= 11 is 0.00604. The number of aliphatic hydroxyl groups excluding tert-OH is 2. The maximum atomic E-state index is 9.68. The van der Waals surface area contributed by atoms with Gasteiger partial charge in [-0.05, 0) is 0 Å². The van der Waals surface area contributed by atoms with Crippen LogP contribution < -0.4 is 19.8 Å². The van der Waals surface area contributed by atoms with E-state index in [0.717, 1.165) is 4.91 Å². The van der Waals surface area contributed by atoms with Crippen molar-refractivity contribution in [1.82, 2.24) is 0 Å². The van der Waals surface area contributed by atoms with Gasteiger partial charge in [-0.2, -0.15) is 0 Å². The zero-order valence-corrected chi connectivity index (χ0v) is 10.3. The number of hydrogen-bond acceptors (Lipinski definition) is 2. The molecule has 1 aliphatic rings. The van der Waals surface area contributed by atoms with E-state index < -0.39 is 12.2 Å². The average molecular weight is 312 g/mol. The SMILES string of the molecule is C=C[S+]([I-]C)C1=CC=C[C@H](O)[C@@H]1O. The molecule has 2 N–H and O–H groups in total. The molecule has 0 spiro atoms. The first-order valence-corrected chi connectivity index (χ1v) is 9.80. The third-order valence-electron chi connectivity index (χ3n) is 1.72. The summed E-state index contributed by atoms with van der Waals surface area (Å²) < 4.78 is 0. The summed E-state index contributed by atoms with van der Waals surface area (Å²) in [7, 11) is -0.00188. The van der Waals surface area contributed by atoms with Gasteiger partial charge in [-0.3, -0.25) is 0 Å². The quantitative estimate of drug-likeness (QED) is 0.345. The predicted octanol–water partition coefficient (Wildman–Crippen LogP) is -2.44. The Morgan fingerprint density at radius 1 is 1.62 bits per heavy atom. The van der Waals surface area contributed by atoms with Gasteiger partial charge in [-0.1, -0.05) is 0 Å². The van der Waals surface area contributed by atoms with Gasteiger partial charge in [0.25, 0.3) is 0 Å². The molecule has 0 aromatic carbocycles. The monoisotopic (exact) mass is 312 g/mol. The number of allylic oxidation sites excluding steroid dienone is 2. The molecule has 3 atom stereocenters. The Morgan fingerprint density at radius 3 is 2.85 bits per heavy atom. The fraction of sp³-hybridized carbons (Fsp3) is 0.333. The Bertz CT molecular complexity index is 250. The van der Waals surface area contributed by atoms with Crippen molar-refractivity contribution in [1.29, 1.82) is 0 Å². The Labute approximate surface area is 90.1 Å². The summed E-state index contributed by atoms with van der Waals surface area (Å²) in [5.74, 6) is 0. The third kappa shape index (κ3) is 2.59. The van der Waals surface area contributed by atoms with Gasteiger partial charge < -0.3 is 0 Å². The van der Waals surface area contributed by atoms with Crippen LogP contribution in [0.1, 0.15) is 0 Å². The van der Waals surface area contributed by atoms with Crippen LogP contribution in [-0.4, -0.2) is 27.4 Å². The number of rotatable bonds is 3. The van der Waals surface area contributed by atoms with Crippen LogP contribution in [0.4, 0.5) is 0 Å². The molecule has 0 saturated heterocycles. The van der Waals surface area contributed by atoms with Crippen LogP contribution in [0.15, 0.2) is 35.1 Å². The van der Waals surface area contributed by atoms with Crippen molar-refractivity contribution in [3.05, 3.63) is 35.1 Å². The van der Waals surface area contributed by atoms with E-state index in [1.165, 1.54) is 0 Å². The van der Waals surface area contributed by atoms with E-state index in [0.29, 0.717) is 0 Å². The Morgan fingerprint density at radius 2 is 2.31 bits per heavy atom. The molecule has 13 heavy (non-hydrogen) atoms. The van der Waals surface area contributed by atoms with E-state index in [2.05, 4.69) is 11.5 Å². The van der Waals surface area contributed by atoms with E-state index >= 15 is 0 Å². The normalized spacial score (nSPS) is 29.9. The summed E-state index contributed by atoms with van der Waals surface area (Å²) in [6.45, 7) is 3.75. The van der Waals surface area contributed by atoms with Crippen LogP contribution in [0.3, 0.4) is 0 Å². The predicted molar refractivity (Wildman–Crippen MR) is 52.7 cm³/mol. The summed E-state index contributed by atoms with van der Waals surface area (Å²) in [4.78, 5) is 3.09. The molecule has 0 heterocycles. The third-order valence-corrected chi connectivity index (χ3v) is 8.63. The zero-order valence-electron chi connectivity index (χ0n) is 7.35. The molecule has 4 heteroatoms. The van der Waals surface area contributed by atoms with Crippen LogP contribution in [-0.2, 0) is 8.07 Å². The molecule has 0 amide bonds. The van der Waals surface area contributed by atoms with Crippen molar-refractivity contribution in [3.8, 4) is 0 Å². The van der Waals surface area contributed by atoms with Crippen molar-refractivity contribution in [2.45, 2.75) is 12.2 Å². The standard InChI is InChI=1S/C9H13IO2S/c1-3-13(10-2)8-6-4-5-7(11)9(8)12/h3-7,9,11-12H,1H2,2H3/t7-,9-,13?/m0/s1. The van der Waals surface area contributed by atoms with Crippen molar-refractivity contribution < 1.29 is 30.0 Å². The molecule has 0 radical (unpaired) electrons. The molecule has 1 aliphatic carbocycles. The molecular formula is C9H13IO2S. The fourth-order valence-electron chi connectivity index (χ4n) is 1.07. The Kier molecular flexibility index (Phi) is 4.51. The van der Waals surface area contributed by atoms with Gasteiger partial charge in [0.05, 0.1) is 0 Å². The Hall–Kier alpha value is 0.220. The van der Waals surface area contributed by atoms with Crippen molar-refractivity contribution >= 4 is 8.07 Å². The summed E-state index contributed by atoms with van der Waals surface area (Å²) in [5, 5.41) is 21.0. The molecule has 0 fully saturated rings. The fourth-order valence-corrected chi connectivity index (χ4v) is 5.97. The van der Waals surface area contributed by atoms with E-state index in [1.807, 2.05) is 11.5 Å². The molecule has 2 nitrogen and oxygen atoms in total. The van der Waals surface area contributed by atoms with E-state index in [1.54, 1.807) is 12.2 Å². The van der Waals surface area contributed by atoms with Crippen molar-refractivity contribution in [3.63, 3.8) is 0 Å². The van der Waals surface area contributed by atoms with Gasteiger partial charge in [-0.25, -0.2) is 0 Å². The van der Waals surface area contributed by atoms with Crippen molar-refractivity contribution in [2.75, 3.05) is 4.93 Å². The summed E-state index contributed by atoms with van der Waals surface area (Å²) in [6, 6.07) is 0.